The zero-order chi connectivity index (χ0) is 24.1. The van der Waals surface area contributed by atoms with Gasteiger partial charge in [-0.2, -0.15) is 0 Å². The zero-order valence-electron chi connectivity index (χ0n) is 20.4. The number of anilines is 1. The number of ether oxygens (including phenoxy) is 1. The van der Waals surface area contributed by atoms with Crippen LogP contribution in [0.5, 0.6) is 0 Å². The number of rotatable bonds is 5. The van der Waals surface area contributed by atoms with Gasteiger partial charge in [0, 0.05) is 23.9 Å². The summed E-state index contributed by atoms with van der Waals surface area (Å²) in [5.41, 5.74) is 6.05. The molecule has 3 atom stereocenters. The summed E-state index contributed by atoms with van der Waals surface area (Å²) in [5.74, 6) is 0.665. The van der Waals surface area contributed by atoms with Crippen LogP contribution in [0.15, 0.2) is 47.3 Å². The molecule has 8 heteroatoms. The molecule has 2 aliphatic rings. The molecule has 2 aromatic heterocycles. The minimum Gasteiger partial charge on any atom is -0.376 e. The molecule has 0 amide bonds. The maximum absolute atomic E-state index is 13.7. The third-order valence-electron chi connectivity index (χ3n) is 7.62. The van der Waals surface area contributed by atoms with Crippen molar-refractivity contribution in [1.82, 2.24) is 25.2 Å². The van der Waals surface area contributed by atoms with E-state index in [1.807, 2.05) is 23.7 Å². The van der Waals surface area contributed by atoms with E-state index in [-0.39, 0.29) is 17.7 Å². The van der Waals surface area contributed by atoms with Crippen LogP contribution >= 0.6 is 0 Å². The van der Waals surface area contributed by atoms with Gasteiger partial charge in [0.15, 0.2) is 5.82 Å². The van der Waals surface area contributed by atoms with Crippen molar-refractivity contribution in [3.05, 3.63) is 80.9 Å². The van der Waals surface area contributed by atoms with Crippen molar-refractivity contribution in [2.45, 2.75) is 64.8 Å². The van der Waals surface area contributed by atoms with Crippen LogP contribution in [0.2, 0.25) is 0 Å². The second kappa shape index (κ2) is 8.61. The van der Waals surface area contributed by atoms with Gasteiger partial charge in [-0.15, -0.1) is 5.10 Å². The first kappa shape index (κ1) is 22.0. The van der Waals surface area contributed by atoms with Crippen molar-refractivity contribution in [3.63, 3.8) is 0 Å². The van der Waals surface area contributed by atoms with Crippen LogP contribution in [0.3, 0.4) is 0 Å². The van der Waals surface area contributed by atoms with Crippen LogP contribution in [0.4, 0.5) is 5.69 Å². The van der Waals surface area contributed by atoms with Crippen LogP contribution in [0.1, 0.15) is 53.9 Å². The highest BCUT2D eigenvalue weighted by Crippen LogP contribution is 2.40. The van der Waals surface area contributed by atoms with Gasteiger partial charge in [-0.25, -0.2) is 4.68 Å². The molecule has 0 unspecified atom stereocenters. The number of aromatic amines is 1. The van der Waals surface area contributed by atoms with Crippen LogP contribution in [-0.4, -0.2) is 43.9 Å². The smallest absolute Gasteiger partial charge is 0.254 e. The number of hydrogen-bond acceptors (Lipinski definition) is 6. The highest BCUT2D eigenvalue weighted by molar-refractivity contribution is 5.83. The summed E-state index contributed by atoms with van der Waals surface area (Å²) in [5, 5.41) is 13.9. The van der Waals surface area contributed by atoms with E-state index in [9.17, 15) is 4.79 Å². The highest BCUT2D eigenvalue weighted by Gasteiger charge is 2.38. The number of H-pyrrole nitrogens is 1. The van der Waals surface area contributed by atoms with E-state index in [0.717, 1.165) is 53.6 Å². The molecule has 1 saturated heterocycles. The Morgan fingerprint density at radius 2 is 2.06 bits per heavy atom. The van der Waals surface area contributed by atoms with Crippen molar-refractivity contribution >= 4 is 16.6 Å². The van der Waals surface area contributed by atoms with E-state index in [1.54, 1.807) is 0 Å². The predicted octanol–water partition coefficient (Wildman–Crippen LogP) is 3.85. The fourth-order valence-corrected chi connectivity index (χ4v) is 5.66. The van der Waals surface area contributed by atoms with E-state index in [1.165, 1.54) is 5.56 Å². The van der Waals surface area contributed by atoms with Gasteiger partial charge < -0.3 is 14.6 Å². The van der Waals surface area contributed by atoms with E-state index in [4.69, 9.17) is 4.74 Å². The van der Waals surface area contributed by atoms with Crippen molar-refractivity contribution in [3.8, 4) is 0 Å². The Balaban J connectivity index is 1.54. The number of tetrazole rings is 1. The standard InChI is InChI=1S/C27H30N6O2/c1-16-10-11-20-14-22(27(34)28-24(20)18(16)3)25(33-17(2)13-19-7-4-5-9-23(19)33)26-29-30-31-32(26)15-21-8-6-12-35-21/h4-5,7,9-11,14,17,21,25H,6,8,12-13,15H2,1-3H3,(H,28,34)/t17-,21-,25+/m0/s1. The molecular formula is C27H30N6O2. The van der Waals surface area contributed by atoms with Gasteiger partial charge in [-0.3, -0.25) is 4.79 Å². The third kappa shape index (κ3) is 3.72. The maximum atomic E-state index is 13.7. The Labute approximate surface area is 203 Å². The summed E-state index contributed by atoms with van der Waals surface area (Å²) in [7, 11) is 0. The molecular weight excluding hydrogens is 440 g/mol. The molecule has 2 aliphatic heterocycles. The van der Waals surface area contributed by atoms with Gasteiger partial charge in [-0.1, -0.05) is 30.3 Å². The molecule has 4 aromatic rings. The monoisotopic (exact) mass is 470 g/mol. The van der Waals surface area contributed by atoms with Gasteiger partial charge in [0.2, 0.25) is 0 Å². The number of nitrogens with one attached hydrogen (secondary N) is 1. The highest BCUT2D eigenvalue weighted by atomic mass is 16.5. The summed E-state index contributed by atoms with van der Waals surface area (Å²) in [6, 6.07) is 14.4. The number of para-hydroxylation sites is 1. The van der Waals surface area contributed by atoms with E-state index in [0.29, 0.717) is 17.9 Å². The molecule has 4 heterocycles. The quantitative estimate of drug-likeness (QED) is 0.477. The first-order valence-electron chi connectivity index (χ1n) is 12.4. The molecule has 0 saturated carbocycles. The van der Waals surface area contributed by atoms with Gasteiger partial charge in [0.1, 0.15) is 6.04 Å². The fourth-order valence-electron chi connectivity index (χ4n) is 5.66. The Bertz CT molecular complexity index is 1450. The Kier molecular flexibility index (Phi) is 5.40. The largest absolute Gasteiger partial charge is 0.376 e. The van der Waals surface area contributed by atoms with Crippen LogP contribution in [-0.2, 0) is 17.7 Å². The Morgan fingerprint density at radius 1 is 1.20 bits per heavy atom. The molecule has 180 valence electrons. The molecule has 35 heavy (non-hydrogen) atoms. The van der Waals surface area contributed by atoms with Gasteiger partial charge in [0.25, 0.3) is 5.56 Å². The lowest BCUT2D eigenvalue weighted by atomic mass is 9.99. The normalized spacial score (nSPS) is 20.5. The molecule has 0 bridgehead atoms. The lowest BCUT2D eigenvalue weighted by molar-refractivity contribution is 0.0924. The number of nitrogens with zero attached hydrogens (tertiary/aromatic N) is 5. The fraction of sp³-hybridized carbons (Fsp3) is 0.407. The number of benzene rings is 2. The number of fused-ring (bicyclic) bond motifs is 2. The van der Waals surface area contributed by atoms with E-state index in [2.05, 4.69) is 69.6 Å². The number of hydrogen-bond donors (Lipinski definition) is 1. The average Bonchev–Trinajstić information content (AvgIpc) is 3.59. The molecule has 1 N–H and O–H groups in total. The van der Waals surface area contributed by atoms with Gasteiger partial charge >= 0.3 is 0 Å². The Hall–Kier alpha value is -3.52. The van der Waals surface area contributed by atoms with Crippen LogP contribution in [0, 0.1) is 13.8 Å². The topological polar surface area (TPSA) is 88.9 Å². The minimum absolute atomic E-state index is 0.0849. The molecule has 0 aliphatic carbocycles. The predicted molar refractivity (Wildman–Crippen MR) is 135 cm³/mol. The van der Waals surface area contributed by atoms with Crippen molar-refractivity contribution in [2.24, 2.45) is 0 Å². The molecule has 0 radical (unpaired) electrons. The summed E-state index contributed by atoms with van der Waals surface area (Å²) < 4.78 is 7.71. The summed E-state index contributed by atoms with van der Waals surface area (Å²) in [4.78, 5) is 19.2. The number of pyridine rings is 1. The lowest BCUT2D eigenvalue weighted by Gasteiger charge is -2.33. The van der Waals surface area contributed by atoms with Crippen molar-refractivity contribution < 1.29 is 4.74 Å². The van der Waals surface area contributed by atoms with Gasteiger partial charge in [-0.05, 0) is 84.7 Å². The first-order valence-corrected chi connectivity index (χ1v) is 12.4. The molecule has 0 spiro atoms. The first-order chi connectivity index (χ1) is 17.0. The van der Waals surface area contributed by atoms with Crippen LogP contribution in [0.25, 0.3) is 10.9 Å². The minimum atomic E-state index is -0.431. The second-order valence-corrected chi connectivity index (χ2v) is 9.87. The second-order valence-electron chi connectivity index (χ2n) is 9.87. The van der Waals surface area contributed by atoms with Gasteiger partial charge in [0.05, 0.1) is 18.2 Å². The van der Waals surface area contributed by atoms with Crippen LogP contribution < -0.4 is 10.5 Å². The Morgan fingerprint density at radius 3 is 2.89 bits per heavy atom. The molecule has 6 rings (SSSR count). The van der Waals surface area contributed by atoms with Crippen molar-refractivity contribution in [1.29, 1.82) is 0 Å². The third-order valence-corrected chi connectivity index (χ3v) is 7.62. The average molecular weight is 471 g/mol. The molecule has 8 nitrogen and oxygen atoms in total. The SMILES string of the molecule is Cc1ccc2cc([C@H](c3nnnn3C[C@@H]3CCCO3)N3c4ccccc4C[C@@H]3C)c(=O)[nH]c2c1C. The number of aryl methyl sites for hydroxylation is 2. The lowest BCUT2D eigenvalue weighted by Crippen LogP contribution is -2.39. The molecule has 2 aromatic carbocycles. The summed E-state index contributed by atoms with van der Waals surface area (Å²) >= 11 is 0. The number of aromatic nitrogens is 5. The summed E-state index contributed by atoms with van der Waals surface area (Å²) in [6.45, 7) is 7.65. The summed E-state index contributed by atoms with van der Waals surface area (Å²) in [6.07, 6.45) is 3.03. The zero-order valence-corrected chi connectivity index (χ0v) is 20.4. The molecule has 1 fully saturated rings. The maximum Gasteiger partial charge on any atom is 0.254 e. The van der Waals surface area contributed by atoms with Crippen molar-refractivity contribution in [2.75, 3.05) is 11.5 Å². The van der Waals surface area contributed by atoms with E-state index < -0.39 is 6.04 Å². The van der Waals surface area contributed by atoms with E-state index >= 15 is 0 Å².